The molecule has 0 spiro atoms. The number of aliphatic hydroxyl groups is 1. The summed E-state index contributed by atoms with van der Waals surface area (Å²) in [7, 11) is 1.83. The number of anilines is 1. The van der Waals surface area contributed by atoms with Crippen LogP contribution < -0.4 is 4.90 Å². The lowest BCUT2D eigenvalue weighted by atomic mass is 9.83. The van der Waals surface area contributed by atoms with Crippen LogP contribution in [-0.4, -0.2) is 33.6 Å². The van der Waals surface area contributed by atoms with Crippen LogP contribution in [0.4, 0.5) is 5.82 Å². The molecule has 1 N–H and O–H groups in total. The number of aryl methyl sites for hydroxylation is 2. The average Bonchev–Trinajstić information content (AvgIpc) is 2.47. The Labute approximate surface area is 101 Å². The molecule has 1 aromatic rings. The second-order valence-corrected chi connectivity index (χ2v) is 5.13. The van der Waals surface area contributed by atoms with E-state index < -0.39 is 5.60 Å². The van der Waals surface area contributed by atoms with Crippen molar-refractivity contribution >= 4 is 5.82 Å². The molecule has 0 saturated carbocycles. The summed E-state index contributed by atoms with van der Waals surface area (Å²) in [6, 6.07) is 2.18. The van der Waals surface area contributed by atoms with E-state index in [1.807, 2.05) is 32.7 Å². The zero-order chi connectivity index (χ0) is 12.8. The van der Waals surface area contributed by atoms with Crippen LogP contribution in [0.1, 0.15) is 25.1 Å². The second-order valence-electron chi connectivity index (χ2n) is 5.13. The van der Waals surface area contributed by atoms with Crippen LogP contribution in [0.15, 0.2) is 0 Å². The van der Waals surface area contributed by atoms with Gasteiger partial charge in [-0.1, -0.05) is 13.8 Å². The van der Waals surface area contributed by atoms with Crippen LogP contribution >= 0.6 is 0 Å². The van der Waals surface area contributed by atoms with Gasteiger partial charge >= 0.3 is 0 Å². The first-order chi connectivity index (χ1) is 7.89. The highest BCUT2D eigenvalue weighted by Crippen LogP contribution is 2.34. The van der Waals surface area contributed by atoms with Gasteiger partial charge in [0.05, 0.1) is 18.8 Å². The van der Waals surface area contributed by atoms with Crippen molar-refractivity contribution in [2.45, 2.75) is 26.4 Å². The van der Waals surface area contributed by atoms with Gasteiger partial charge in [0, 0.05) is 7.05 Å². The fourth-order valence-electron chi connectivity index (χ4n) is 2.27. The van der Waals surface area contributed by atoms with Crippen LogP contribution in [0.5, 0.6) is 0 Å². The summed E-state index contributed by atoms with van der Waals surface area (Å²) in [4.78, 5) is 2.01. The van der Waals surface area contributed by atoms with E-state index in [-0.39, 0.29) is 5.92 Å². The molecule has 0 atom stereocenters. The summed E-state index contributed by atoms with van der Waals surface area (Å²) in [6.07, 6.45) is 0. The monoisotopic (exact) mass is 234 g/mol. The largest absolute Gasteiger partial charge is 0.386 e. The number of aromatic nitrogens is 2. The van der Waals surface area contributed by atoms with Crippen LogP contribution in [-0.2, 0) is 7.05 Å². The van der Waals surface area contributed by atoms with Gasteiger partial charge in [-0.15, -0.1) is 0 Å². The lowest BCUT2D eigenvalue weighted by Crippen LogP contribution is -2.65. The molecule has 1 saturated heterocycles. The molecule has 5 heteroatoms. The van der Waals surface area contributed by atoms with Gasteiger partial charge in [-0.2, -0.15) is 10.4 Å². The standard InChI is InChI=1S/C12H18N4O/c1-8(2)12(17)6-16(7-12)11-10(5-13)9(3)14-15(11)4/h8,17H,6-7H2,1-4H3. The van der Waals surface area contributed by atoms with E-state index in [0.29, 0.717) is 18.7 Å². The summed E-state index contributed by atoms with van der Waals surface area (Å²) in [5.74, 6) is 1.04. The van der Waals surface area contributed by atoms with Gasteiger partial charge in [-0.25, -0.2) is 0 Å². The topological polar surface area (TPSA) is 65.1 Å². The summed E-state index contributed by atoms with van der Waals surface area (Å²) >= 11 is 0. The maximum absolute atomic E-state index is 10.2. The van der Waals surface area contributed by atoms with E-state index in [1.54, 1.807) is 4.68 Å². The Balaban J connectivity index is 2.26. The minimum Gasteiger partial charge on any atom is -0.386 e. The maximum atomic E-state index is 10.2. The van der Waals surface area contributed by atoms with Gasteiger partial charge < -0.3 is 10.0 Å². The van der Waals surface area contributed by atoms with Crippen molar-refractivity contribution in [3.05, 3.63) is 11.3 Å². The van der Waals surface area contributed by atoms with E-state index in [2.05, 4.69) is 11.2 Å². The molecule has 0 bridgehead atoms. The zero-order valence-electron chi connectivity index (χ0n) is 10.7. The molecule has 2 heterocycles. The van der Waals surface area contributed by atoms with Crippen LogP contribution in [0, 0.1) is 24.2 Å². The number of rotatable bonds is 2. The molecular weight excluding hydrogens is 216 g/mol. The van der Waals surface area contributed by atoms with Gasteiger partial charge in [0.25, 0.3) is 0 Å². The van der Waals surface area contributed by atoms with Crippen molar-refractivity contribution in [1.29, 1.82) is 5.26 Å². The fourth-order valence-corrected chi connectivity index (χ4v) is 2.27. The smallest absolute Gasteiger partial charge is 0.145 e. The van der Waals surface area contributed by atoms with E-state index in [0.717, 1.165) is 11.5 Å². The molecule has 1 fully saturated rings. The molecule has 0 aromatic carbocycles. The Morgan fingerprint density at radius 1 is 1.47 bits per heavy atom. The Kier molecular flexibility index (Phi) is 2.63. The number of nitriles is 1. The molecule has 0 amide bonds. The first kappa shape index (κ1) is 11.9. The fraction of sp³-hybridized carbons (Fsp3) is 0.667. The first-order valence-electron chi connectivity index (χ1n) is 5.80. The van der Waals surface area contributed by atoms with Crippen molar-refractivity contribution in [1.82, 2.24) is 9.78 Å². The Morgan fingerprint density at radius 2 is 2.06 bits per heavy atom. The summed E-state index contributed by atoms with van der Waals surface area (Å²) in [6.45, 7) is 6.99. The van der Waals surface area contributed by atoms with Crippen molar-refractivity contribution in [2.75, 3.05) is 18.0 Å². The third kappa shape index (κ3) is 1.69. The summed E-state index contributed by atoms with van der Waals surface area (Å²) in [5.41, 5.74) is 0.716. The van der Waals surface area contributed by atoms with Crippen LogP contribution in [0.3, 0.4) is 0 Å². The number of hydrogen-bond donors (Lipinski definition) is 1. The third-order valence-electron chi connectivity index (χ3n) is 3.61. The third-order valence-corrected chi connectivity index (χ3v) is 3.61. The van der Waals surface area contributed by atoms with Gasteiger partial charge in [0.1, 0.15) is 23.1 Å². The Hall–Kier alpha value is -1.54. The molecule has 17 heavy (non-hydrogen) atoms. The molecule has 1 aromatic heterocycles. The molecule has 1 aliphatic heterocycles. The Morgan fingerprint density at radius 3 is 2.53 bits per heavy atom. The zero-order valence-corrected chi connectivity index (χ0v) is 10.7. The van der Waals surface area contributed by atoms with Gasteiger partial charge in [-0.3, -0.25) is 4.68 Å². The molecule has 2 rings (SSSR count). The average molecular weight is 234 g/mol. The summed E-state index contributed by atoms with van der Waals surface area (Å²) in [5, 5.41) is 23.6. The van der Waals surface area contributed by atoms with Crippen molar-refractivity contribution in [3.8, 4) is 6.07 Å². The highest BCUT2D eigenvalue weighted by molar-refractivity contribution is 5.59. The van der Waals surface area contributed by atoms with Crippen molar-refractivity contribution in [2.24, 2.45) is 13.0 Å². The lowest BCUT2D eigenvalue weighted by Gasteiger charge is -2.50. The van der Waals surface area contributed by atoms with Crippen molar-refractivity contribution in [3.63, 3.8) is 0 Å². The number of β-amino-alcohol motifs (C(OH)–C–C–N with tert-alkyl or cyclic N) is 1. The second kappa shape index (κ2) is 3.74. The van der Waals surface area contributed by atoms with E-state index in [9.17, 15) is 5.11 Å². The molecule has 0 radical (unpaired) electrons. The molecule has 0 aliphatic carbocycles. The minimum absolute atomic E-state index is 0.221. The number of nitrogens with zero attached hydrogens (tertiary/aromatic N) is 4. The van der Waals surface area contributed by atoms with E-state index in [4.69, 9.17) is 5.26 Å². The Bertz CT molecular complexity index is 477. The molecule has 1 aliphatic rings. The van der Waals surface area contributed by atoms with Gasteiger partial charge in [-0.05, 0) is 12.8 Å². The van der Waals surface area contributed by atoms with E-state index >= 15 is 0 Å². The predicted molar refractivity (Wildman–Crippen MR) is 64.7 cm³/mol. The predicted octanol–water partition coefficient (Wildman–Crippen LogP) is 0.807. The number of hydrogen-bond acceptors (Lipinski definition) is 4. The minimum atomic E-state index is -0.634. The van der Waals surface area contributed by atoms with Crippen LogP contribution in [0.25, 0.3) is 0 Å². The van der Waals surface area contributed by atoms with Crippen molar-refractivity contribution < 1.29 is 5.11 Å². The quantitative estimate of drug-likeness (QED) is 0.822. The highest BCUT2D eigenvalue weighted by Gasteiger charge is 2.45. The maximum Gasteiger partial charge on any atom is 0.145 e. The van der Waals surface area contributed by atoms with Gasteiger partial charge in [0.15, 0.2) is 0 Å². The van der Waals surface area contributed by atoms with Gasteiger partial charge in [0.2, 0.25) is 0 Å². The van der Waals surface area contributed by atoms with E-state index in [1.165, 1.54) is 0 Å². The lowest BCUT2D eigenvalue weighted by molar-refractivity contribution is -0.0307. The first-order valence-corrected chi connectivity index (χ1v) is 5.80. The summed E-state index contributed by atoms with van der Waals surface area (Å²) < 4.78 is 1.72. The molecule has 0 unspecified atom stereocenters. The molecule has 92 valence electrons. The highest BCUT2D eigenvalue weighted by atomic mass is 16.3. The molecular formula is C12H18N4O. The van der Waals surface area contributed by atoms with Crippen LogP contribution in [0.2, 0.25) is 0 Å². The molecule has 5 nitrogen and oxygen atoms in total. The normalized spacial score (nSPS) is 18.1. The SMILES string of the molecule is Cc1nn(C)c(N2CC(O)(C(C)C)C2)c1C#N.